The predicted molar refractivity (Wildman–Crippen MR) is 122 cm³/mol. The summed E-state index contributed by atoms with van der Waals surface area (Å²) in [6.45, 7) is 5.25. The van der Waals surface area contributed by atoms with Crippen molar-refractivity contribution in [3.63, 3.8) is 0 Å². The number of nitrogens with zero attached hydrogens (tertiary/aromatic N) is 5. The highest BCUT2D eigenvalue weighted by Gasteiger charge is 2.33. The standard InChI is InChI=1S/C22H25N5OS2/c1-16(21(28)26-13-11-25(12-14-26)17-6-3-2-4-7-17)30-22-24-23-20(19-8-5-15-29-19)27(22)18-9-10-18/h2-8,15-16,18H,9-14H2,1H3/t16-/m0/s1. The van der Waals surface area contributed by atoms with Crippen molar-refractivity contribution >= 4 is 34.7 Å². The molecule has 1 aromatic carbocycles. The van der Waals surface area contributed by atoms with Gasteiger partial charge in [-0.1, -0.05) is 36.0 Å². The molecule has 0 radical (unpaired) electrons. The average Bonchev–Trinajstić information content (AvgIpc) is 3.31. The van der Waals surface area contributed by atoms with Gasteiger partial charge in [0.05, 0.1) is 10.1 Å². The van der Waals surface area contributed by atoms with Gasteiger partial charge in [-0.15, -0.1) is 21.5 Å². The van der Waals surface area contributed by atoms with Gasteiger partial charge in [0.2, 0.25) is 5.91 Å². The number of hydrogen-bond donors (Lipinski definition) is 0. The Bertz CT molecular complexity index is 992. The highest BCUT2D eigenvalue weighted by atomic mass is 32.2. The molecule has 0 spiro atoms. The van der Waals surface area contributed by atoms with Gasteiger partial charge in [-0.05, 0) is 43.3 Å². The fraction of sp³-hybridized carbons (Fsp3) is 0.409. The van der Waals surface area contributed by atoms with E-state index in [-0.39, 0.29) is 11.2 Å². The summed E-state index contributed by atoms with van der Waals surface area (Å²) in [7, 11) is 0. The Kier molecular flexibility index (Phi) is 5.52. The average molecular weight is 440 g/mol. The fourth-order valence-corrected chi connectivity index (χ4v) is 5.59. The zero-order chi connectivity index (χ0) is 20.5. The smallest absolute Gasteiger partial charge is 0.236 e. The Morgan fingerprint density at radius 3 is 2.50 bits per heavy atom. The molecule has 2 aromatic heterocycles. The fourth-order valence-electron chi connectivity index (χ4n) is 3.88. The van der Waals surface area contributed by atoms with Gasteiger partial charge in [-0.25, -0.2) is 0 Å². The van der Waals surface area contributed by atoms with Crippen LogP contribution in [0.2, 0.25) is 0 Å². The normalized spacial score (nSPS) is 17.9. The second kappa shape index (κ2) is 8.43. The molecular weight excluding hydrogens is 414 g/mol. The maximum absolute atomic E-state index is 13.1. The number of rotatable bonds is 6. The molecule has 3 heterocycles. The number of benzene rings is 1. The van der Waals surface area contributed by atoms with Crippen LogP contribution in [0.5, 0.6) is 0 Å². The second-order valence-electron chi connectivity index (χ2n) is 7.79. The lowest BCUT2D eigenvalue weighted by molar-refractivity contribution is -0.130. The molecule has 1 saturated heterocycles. The number of carbonyl (C=O) groups is 1. The number of anilines is 1. The van der Waals surface area contributed by atoms with Crippen LogP contribution in [0.15, 0.2) is 53.0 Å². The first-order chi connectivity index (χ1) is 14.7. The number of thiophene rings is 1. The Labute approximate surface area is 184 Å². The van der Waals surface area contributed by atoms with E-state index in [0.29, 0.717) is 6.04 Å². The van der Waals surface area contributed by atoms with Gasteiger partial charge in [-0.2, -0.15) is 0 Å². The van der Waals surface area contributed by atoms with Crippen molar-refractivity contribution in [2.24, 2.45) is 0 Å². The second-order valence-corrected chi connectivity index (χ2v) is 10.0. The summed E-state index contributed by atoms with van der Waals surface area (Å²) in [5.74, 6) is 1.13. The van der Waals surface area contributed by atoms with Crippen molar-refractivity contribution in [2.45, 2.75) is 36.2 Å². The first-order valence-electron chi connectivity index (χ1n) is 10.4. The van der Waals surface area contributed by atoms with E-state index in [2.05, 4.69) is 55.4 Å². The molecule has 5 rings (SSSR count). The molecule has 0 unspecified atom stereocenters. The van der Waals surface area contributed by atoms with E-state index < -0.39 is 0 Å². The minimum Gasteiger partial charge on any atom is -0.368 e. The maximum Gasteiger partial charge on any atom is 0.236 e. The molecule has 1 aliphatic carbocycles. The molecule has 156 valence electrons. The van der Waals surface area contributed by atoms with Crippen molar-refractivity contribution in [1.82, 2.24) is 19.7 Å². The van der Waals surface area contributed by atoms with E-state index in [1.807, 2.05) is 24.0 Å². The summed E-state index contributed by atoms with van der Waals surface area (Å²) in [5, 5.41) is 11.7. The van der Waals surface area contributed by atoms with Gasteiger partial charge in [-0.3, -0.25) is 9.36 Å². The number of piperazine rings is 1. The molecule has 3 aromatic rings. The van der Waals surface area contributed by atoms with Crippen LogP contribution >= 0.6 is 23.1 Å². The largest absolute Gasteiger partial charge is 0.368 e. The van der Waals surface area contributed by atoms with Crippen molar-refractivity contribution in [1.29, 1.82) is 0 Å². The maximum atomic E-state index is 13.1. The molecule has 0 N–H and O–H groups in total. The summed E-state index contributed by atoms with van der Waals surface area (Å²) in [5.41, 5.74) is 1.23. The van der Waals surface area contributed by atoms with Crippen molar-refractivity contribution in [3.8, 4) is 10.7 Å². The summed E-state index contributed by atoms with van der Waals surface area (Å²) in [6, 6.07) is 15.0. The van der Waals surface area contributed by atoms with Crippen LogP contribution in [0.4, 0.5) is 5.69 Å². The van der Waals surface area contributed by atoms with Gasteiger partial charge < -0.3 is 9.80 Å². The molecule has 2 aliphatic rings. The Morgan fingerprint density at radius 2 is 1.83 bits per heavy atom. The monoisotopic (exact) mass is 439 g/mol. The van der Waals surface area contributed by atoms with Gasteiger partial charge in [0, 0.05) is 37.9 Å². The molecule has 8 heteroatoms. The van der Waals surface area contributed by atoms with Crippen LogP contribution in [-0.4, -0.2) is 57.0 Å². The molecule has 30 heavy (non-hydrogen) atoms. The number of thioether (sulfide) groups is 1. The highest BCUT2D eigenvalue weighted by Crippen LogP contribution is 2.42. The molecule has 6 nitrogen and oxygen atoms in total. The zero-order valence-corrected chi connectivity index (χ0v) is 18.6. The molecule has 1 aliphatic heterocycles. The first kappa shape index (κ1) is 19.6. The molecule has 2 fully saturated rings. The van der Waals surface area contributed by atoms with E-state index in [1.54, 1.807) is 23.1 Å². The van der Waals surface area contributed by atoms with Crippen molar-refractivity contribution < 1.29 is 4.79 Å². The lowest BCUT2D eigenvalue weighted by Gasteiger charge is -2.37. The number of amides is 1. The van der Waals surface area contributed by atoms with Crippen molar-refractivity contribution in [3.05, 3.63) is 47.8 Å². The van der Waals surface area contributed by atoms with Crippen LogP contribution in [0.25, 0.3) is 10.7 Å². The molecule has 1 saturated carbocycles. The lowest BCUT2D eigenvalue weighted by atomic mass is 10.2. The molecule has 1 atom stereocenters. The Hall–Kier alpha value is -2.32. The predicted octanol–water partition coefficient (Wildman–Crippen LogP) is 4.17. The number of carbonyl (C=O) groups excluding carboxylic acids is 1. The van der Waals surface area contributed by atoms with E-state index >= 15 is 0 Å². The first-order valence-corrected chi connectivity index (χ1v) is 12.2. The summed E-state index contributed by atoms with van der Waals surface area (Å²) in [6.07, 6.45) is 2.32. The number of aromatic nitrogens is 3. The van der Waals surface area contributed by atoms with E-state index in [4.69, 9.17) is 0 Å². The quantitative estimate of drug-likeness (QED) is 0.540. The summed E-state index contributed by atoms with van der Waals surface area (Å²) in [4.78, 5) is 18.6. The molecule has 0 bridgehead atoms. The zero-order valence-electron chi connectivity index (χ0n) is 17.0. The highest BCUT2D eigenvalue weighted by molar-refractivity contribution is 8.00. The van der Waals surface area contributed by atoms with Gasteiger partial charge in [0.25, 0.3) is 0 Å². The minimum absolute atomic E-state index is 0.175. The van der Waals surface area contributed by atoms with Gasteiger partial charge in [0.1, 0.15) is 0 Å². The third kappa shape index (κ3) is 3.98. The molecular formula is C22H25N5OS2. The van der Waals surface area contributed by atoms with Gasteiger partial charge in [0.15, 0.2) is 11.0 Å². The minimum atomic E-state index is -0.175. The van der Waals surface area contributed by atoms with E-state index in [9.17, 15) is 4.79 Å². The lowest BCUT2D eigenvalue weighted by Crippen LogP contribution is -2.50. The summed E-state index contributed by atoms with van der Waals surface area (Å²) >= 11 is 3.23. The third-order valence-electron chi connectivity index (χ3n) is 5.66. The topological polar surface area (TPSA) is 54.3 Å². The number of hydrogen-bond acceptors (Lipinski definition) is 6. The van der Waals surface area contributed by atoms with Gasteiger partial charge >= 0.3 is 0 Å². The van der Waals surface area contributed by atoms with Crippen LogP contribution in [-0.2, 0) is 4.79 Å². The summed E-state index contributed by atoms with van der Waals surface area (Å²) < 4.78 is 2.24. The molecule has 1 amide bonds. The number of para-hydroxylation sites is 1. The Balaban J connectivity index is 1.24. The van der Waals surface area contributed by atoms with E-state index in [0.717, 1.165) is 54.9 Å². The van der Waals surface area contributed by atoms with Crippen LogP contribution in [0.3, 0.4) is 0 Å². The van der Waals surface area contributed by atoms with Crippen molar-refractivity contribution in [2.75, 3.05) is 31.1 Å². The van der Waals surface area contributed by atoms with Crippen LogP contribution in [0.1, 0.15) is 25.8 Å². The Morgan fingerprint density at radius 1 is 1.07 bits per heavy atom. The van der Waals surface area contributed by atoms with E-state index in [1.165, 1.54) is 5.69 Å². The van der Waals surface area contributed by atoms with Crippen LogP contribution in [0, 0.1) is 0 Å². The third-order valence-corrected chi connectivity index (χ3v) is 7.57. The SMILES string of the molecule is C[C@H](Sc1nnc(-c2cccs2)n1C1CC1)C(=O)N1CCN(c2ccccc2)CC1. The van der Waals surface area contributed by atoms with Crippen LogP contribution < -0.4 is 4.90 Å².